The van der Waals surface area contributed by atoms with Crippen molar-refractivity contribution in [2.45, 2.75) is 12.3 Å². The van der Waals surface area contributed by atoms with Crippen molar-refractivity contribution in [3.8, 4) is 28.7 Å². The first-order valence-corrected chi connectivity index (χ1v) is 8.18. The van der Waals surface area contributed by atoms with E-state index in [1.54, 1.807) is 33.5 Å². The van der Waals surface area contributed by atoms with Crippen LogP contribution in [0.5, 0.6) is 28.7 Å². The lowest BCUT2D eigenvalue weighted by molar-refractivity contribution is -0.116. The molecule has 2 heterocycles. The fourth-order valence-corrected chi connectivity index (χ4v) is 3.45. The van der Waals surface area contributed by atoms with Gasteiger partial charge in [-0.3, -0.25) is 4.79 Å². The van der Waals surface area contributed by atoms with Gasteiger partial charge in [0.15, 0.2) is 23.0 Å². The van der Waals surface area contributed by atoms with E-state index < -0.39 is 0 Å². The lowest BCUT2D eigenvalue weighted by atomic mass is 9.84. The number of benzene rings is 2. The molecule has 1 amide bonds. The van der Waals surface area contributed by atoms with Crippen LogP contribution in [0.15, 0.2) is 24.3 Å². The minimum atomic E-state index is -0.206. The van der Waals surface area contributed by atoms with Crippen LogP contribution >= 0.6 is 0 Å². The zero-order valence-electron chi connectivity index (χ0n) is 14.8. The molecule has 1 N–H and O–H groups in total. The summed E-state index contributed by atoms with van der Waals surface area (Å²) in [5.74, 6) is 2.82. The van der Waals surface area contributed by atoms with E-state index >= 15 is 0 Å². The molecule has 4 rings (SSSR count). The summed E-state index contributed by atoms with van der Waals surface area (Å²) in [5, 5.41) is 2.90. The van der Waals surface area contributed by atoms with Crippen LogP contribution in [-0.4, -0.2) is 34.0 Å². The fraction of sp³-hybridized carbons (Fsp3) is 0.316. The molecule has 2 aromatic carbocycles. The number of amides is 1. The van der Waals surface area contributed by atoms with E-state index in [0.717, 1.165) is 11.1 Å². The van der Waals surface area contributed by atoms with Gasteiger partial charge in [-0.2, -0.15) is 0 Å². The lowest BCUT2D eigenvalue weighted by Gasteiger charge is -2.28. The van der Waals surface area contributed by atoms with E-state index in [1.807, 2.05) is 12.1 Å². The molecule has 2 aliphatic heterocycles. The Morgan fingerprint density at radius 2 is 1.54 bits per heavy atom. The van der Waals surface area contributed by atoms with Gasteiger partial charge in [-0.05, 0) is 17.7 Å². The summed E-state index contributed by atoms with van der Waals surface area (Å²) in [5.41, 5.74) is 2.49. The monoisotopic (exact) mass is 357 g/mol. The van der Waals surface area contributed by atoms with Crippen molar-refractivity contribution in [2.24, 2.45) is 0 Å². The van der Waals surface area contributed by atoms with Crippen molar-refractivity contribution in [1.29, 1.82) is 0 Å². The molecule has 1 atom stereocenters. The van der Waals surface area contributed by atoms with Gasteiger partial charge in [-0.25, -0.2) is 0 Å². The molecule has 0 saturated carbocycles. The summed E-state index contributed by atoms with van der Waals surface area (Å²) in [6, 6.07) is 7.34. The summed E-state index contributed by atoms with van der Waals surface area (Å²) in [4.78, 5) is 12.3. The first kappa shape index (κ1) is 16.4. The predicted octanol–water partition coefficient (Wildman–Crippen LogP) is 2.92. The van der Waals surface area contributed by atoms with E-state index in [1.165, 1.54) is 0 Å². The molecular weight excluding hydrogens is 338 g/mol. The standard InChI is InChI=1S/C19H19NO6/c1-22-14-8-18-17(25-9-26-18)5-12(14)10-6-19(21)20-13-7-16(24-3)15(23-2)4-11(10)13/h4-5,7-8,10H,6,9H2,1-3H3,(H,20,21). The second kappa shape index (κ2) is 6.33. The molecular formula is C19H19NO6. The van der Waals surface area contributed by atoms with Crippen molar-refractivity contribution < 1.29 is 28.5 Å². The SMILES string of the molecule is COc1cc2c(cc1OC)C(c1cc3c(cc1OC)OCO3)CC(=O)N2. The number of hydrogen-bond donors (Lipinski definition) is 1. The maximum atomic E-state index is 12.3. The minimum absolute atomic E-state index is 0.0746. The van der Waals surface area contributed by atoms with Crippen molar-refractivity contribution in [2.75, 3.05) is 33.4 Å². The Morgan fingerprint density at radius 3 is 2.23 bits per heavy atom. The number of nitrogens with one attached hydrogen (secondary N) is 1. The van der Waals surface area contributed by atoms with E-state index in [9.17, 15) is 4.79 Å². The van der Waals surface area contributed by atoms with Gasteiger partial charge < -0.3 is 29.0 Å². The van der Waals surface area contributed by atoms with Gasteiger partial charge in [-0.1, -0.05) is 0 Å². The van der Waals surface area contributed by atoms with Gasteiger partial charge in [-0.15, -0.1) is 0 Å². The smallest absolute Gasteiger partial charge is 0.231 e. The molecule has 0 spiro atoms. The number of carbonyl (C=O) groups excluding carboxylic acids is 1. The van der Waals surface area contributed by atoms with Crippen LogP contribution in [0.4, 0.5) is 5.69 Å². The number of anilines is 1. The van der Waals surface area contributed by atoms with Gasteiger partial charge in [0, 0.05) is 35.7 Å². The molecule has 0 saturated heterocycles. The second-order valence-electron chi connectivity index (χ2n) is 6.05. The quantitative estimate of drug-likeness (QED) is 0.907. The highest BCUT2D eigenvalue weighted by Crippen LogP contribution is 2.48. The highest BCUT2D eigenvalue weighted by Gasteiger charge is 2.32. The second-order valence-corrected chi connectivity index (χ2v) is 6.05. The first-order chi connectivity index (χ1) is 12.6. The fourth-order valence-electron chi connectivity index (χ4n) is 3.45. The Kier molecular flexibility index (Phi) is 3.99. The number of hydrogen-bond acceptors (Lipinski definition) is 6. The van der Waals surface area contributed by atoms with Crippen molar-refractivity contribution >= 4 is 11.6 Å². The van der Waals surface area contributed by atoms with E-state index in [2.05, 4.69) is 5.32 Å². The highest BCUT2D eigenvalue weighted by molar-refractivity contribution is 5.96. The summed E-state index contributed by atoms with van der Waals surface area (Å²) >= 11 is 0. The van der Waals surface area contributed by atoms with Gasteiger partial charge in [0.1, 0.15) is 5.75 Å². The molecule has 1 unspecified atom stereocenters. The Balaban J connectivity index is 1.88. The molecule has 7 nitrogen and oxygen atoms in total. The zero-order valence-corrected chi connectivity index (χ0v) is 14.8. The Morgan fingerprint density at radius 1 is 0.885 bits per heavy atom. The molecule has 2 aliphatic rings. The average molecular weight is 357 g/mol. The maximum Gasteiger partial charge on any atom is 0.231 e. The van der Waals surface area contributed by atoms with Crippen molar-refractivity contribution in [3.63, 3.8) is 0 Å². The van der Waals surface area contributed by atoms with Crippen LogP contribution < -0.4 is 29.0 Å². The van der Waals surface area contributed by atoms with Gasteiger partial charge in [0.2, 0.25) is 12.7 Å². The van der Waals surface area contributed by atoms with Crippen LogP contribution in [0.3, 0.4) is 0 Å². The third-order valence-electron chi connectivity index (χ3n) is 4.70. The topological polar surface area (TPSA) is 75.2 Å². The largest absolute Gasteiger partial charge is 0.496 e. The molecule has 0 radical (unpaired) electrons. The Bertz CT molecular complexity index is 879. The zero-order chi connectivity index (χ0) is 18.3. The average Bonchev–Trinajstić information content (AvgIpc) is 3.12. The van der Waals surface area contributed by atoms with Crippen LogP contribution in [0, 0.1) is 0 Å². The Hall–Kier alpha value is -3.09. The van der Waals surface area contributed by atoms with Gasteiger partial charge in [0.05, 0.1) is 21.3 Å². The molecule has 0 aromatic heterocycles. The number of methoxy groups -OCH3 is 3. The normalized spacial score (nSPS) is 17.3. The summed E-state index contributed by atoms with van der Waals surface area (Å²) < 4.78 is 27.3. The van der Waals surface area contributed by atoms with Crippen LogP contribution in [-0.2, 0) is 4.79 Å². The van der Waals surface area contributed by atoms with Crippen LogP contribution in [0.2, 0.25) is 0 Å². The Labute approximate surface area is 150 Å². The summed E-state index contributed by atoms with van der Waals surface area (Å²) in [7, 11) is 4.74. The van der Waals surface area contributed by atoms with E-state index in [0.29, 0.717) is 40.9 Å². The third-order valence-corrected chi connectivity index (χ3v) is 4.70. The van der Waals surface area contributed by atoms with Crippen LogP contribution in [0.1, 0.15) is 23.5 Å². The molecule has 2 aromatic rings. The number of carbonyl (C=O) groups is 1. The van der Waals surface area contributed by atoms with E-state index in [-0.39, 0.29) is 18.6 Å². The van der Waals surface area contributed by atoms with Crippen molar-refractivity contribution in [1.82, 2.24) is 0 Å². The molecule has 7 heteroatoms. The predicted molar refractivity (Wildman–Crippen MR) is 93.8 cm³/mol. The van der Waals surface area contributed by atoms with Gasteiger partial charge >= 0.3 is 0 Å². The third kappa shape index (κ3) is 2.56. The number of ether oxygens (including phenoxy) is 5. The molecule has 0 aliphatic carbocycles. The molecule has 136 valence electrons. The van der Waals surface area contributed by atoms with E-state index in [4.69, 9.17) is 23.7 Å². The number of rotatable bonds is 4. The lowest BCUT2D eigenvalue weighted by Crippen LogP contribution is -2.24. The molecule has 0 fully saturated rings. The molecule has 26 heavy (non-hydrogen) atoms. The van der Waals surface area contributed by atoms with Gasteiger partial charge in [0.25, 0.3) is 0 Å². The van der Waals surface area contributed by atoms with Crippen LogP contribution in [0.25, 0.3) is 0 Å². The van der Waals surface area contributed by atoms with Crippen molar-refractivity contribution in [3.05, 3.63) is 35.4 Å². The first-order valence-electron chi connectivity index (χ1n) is 8.18. The highest BCUT2D eigenvalue weighted by atomic mass is 16.7. The summed E-state index contributed by atoms with van der Waals surface area (Å²) in [6.45, 7) is 0.175. The maximum absolute atomic E-state index is 12.3. The summed E-state index contributed by atoms with van der Waals surface area (Å²) in [6.07, 6.45) is 0.290. The molecule has 0 bridgehead atoms. The number of fused-ring (bicyclic) bond motifs is 2. The minimum Gasteiger partial charge on any atom is -0.496 e.